The molecule has 2 aromatic heterocycles. The van der Waals surface area contributed by atoms with Crippen LogP contribution in [0, 0.1) is 0 Å². The predicted octanol–water partition coefficient (Wildman–Crippen LogP) is 2.16. The van der Waals surface area contributed by atoms with Crippen molar-refractivity contribution in [3.8, 4) is 0 Å². The molecular formula is C19H27F3N6O2. The van der Waals surface area contributed by atoms with Crippen molar-refractivity contribution in [1.29, 1.82) is 0 Å². The van der Waals surface area contributed by atoms with E-state index < -0.39 is 12.1 Å². The molecule has 3 heterocycles. The molecule has 1 N–H and O–H groups in total. The Morgan fingerprint density at radius 1 is 1.23 bits per heavy atom. The zero-order valence-electron chi connectivity index (χ0n) is 17.5. The molecular weight excluding hydrogens is 401 g/mol. The molecule has 0 aromatic carbocycles. The van der Waals surface area contributed by atoms with Crippen molar-refractivity contribution in [3.05, 3.63) is 35.9 Å². The highest BCUT2D eigenvalue weighted by Gasteiger charge is 2.38. The Balaban J connectivity index is 0.000000396. The minimum absolute atomic E-state index is 0.377. The van der Waals surface area contributed by atoms with Crippen LogP contribution in [-0.4, -0.2) is 74.6 Å². The Bertz CT molecular complexity index is 822. The lowest BCUT2D eigenvalue weighted by atomic mass is 10.0. The third kappa shape index (κ3) is 6.15. The van der Waals surface area contributed by atoms with Gasteiger partial charge in [0.15, 0.2) is 0 Å². The second-order valence-corrected chi connectivity index (χ2v) is 7.35. The van der Waals surface area contributed by atoms with Crippen LogP contribution in [-0.2, 0) is 24.7 Å². The van der Waals surface area contributed by atoms with Crippen molar-refractivity contribution in [3.63, 3.8) is 0 Å². The van der Waals surface area contributed by atoms with E-state index in [0.717, 1.165) is 31.8 Å². The number of hydrogen-bond donors (Lipinski definition) is 1. The topological polar surface area (TPSA) is 87.4 Å². The SMILES string of the molecule is CCc1cnc(N2CC[C@@H](N(C)C)[C@@H]2Cc2cnn(C)c2)nc1.O=C(O)C(F)(F)F. The molecule has 1 aliphatic heterocycles. The maximum absolute atomic E-state index is 10.6. The molecule has 1 aliphatic rings. The normalized spacial score (nSPS) is 19.0. The summed E-state index contributed by atoms with van der Waals surface area (Å²) in [4.78, 5) is 22.8. The molecule has 8 nitrogen and oxygen atoms in total. The van der Waals surface area contributed by atoms with Gasteiger partial charge in [0.2, 0.25) is 5.95 Å². The fraction of sp³-hybridized carbons (Fsp3) is 0.579. The number of anilines is 1. The highest BCUT2D eigenvalue weighted by Crippen LogP contribution is 2.28. The lowest BCUT2D eigenvalue weighted by molar-refractivity contribution is -0.192. The predicted molar refractivity (Wildman–Crippen MR) is 105 cm³/mol. The molecule has 30 heavy (non-hydrogen) atoms. The van der Waals surface area contributed by atoms with Gasteiger partial charge in [-0.1, -0.05) is 6.92 Å². The monoisotopic (exact) mass is 428 g/mol. The van der Waals surface area contributed by atoms with E-state index in [9.17, 15) is 13.2 Å². The summed E-state index contributed by atoms with van der Waals surface area (Å²) in [5.41, 5.74) is 2.45. The van der Waals surface area contributed by atoms with Crippen LogP contribution >= 0.6 is 0 Å². The third-order valence-corrected chi connectivity index (χ3v) is 4.98. The summed E-state index contributed by atoms with van der Waals surface area (Å²) in [5.74, 6) is -1.91. The summed E-state index contributed by atoms with van der Waals surface area (Å²) in [6.45, 7) is 3.13. The average molecular weight is 428 g/mol. The van der Waals surface area contributed by atoms with Gasteiger partial charge in [-0.15, -0.1) is 0 Å². The quantitative estimate of drug-likeness (QED) is 0.781. The van der Waals surface area contributed by atoms with Gasteiger partial charge in [-0.05, 0) is 44.5 Å². The summed E-state index contributed by atoms with van der Waals surface area (Å²) < 4.78 is 33.6. The fourth-order valence-corrected chi connectivity index (χ4v) is 3.43. The maximum Gasteiger partial charge on any atom is 0.490 e. The van der Waals surface area contributed by atoms with E-state index in [2.05, 4.69) is 52.1 Å². The average Bonchev–Trinajstić information content (AvgIpc) is 3.28. The van der Waals surface area contributed by atoms with E-state index in [-0.39, 0.29) is 0 Å². The summed E-state index contributed by atoms with van der Waals surface area (Å²) >= 11 is 0. The molecule has 2 atom stereocenters. The molecule has 0 spiro atoms. The first-order valence-electron chi connectivity index (χ1n) is 9.54. The molecule has 0 amide bonds. The number of rotatable bonds is 5. The van der Waals surface area contributed by atoms with Crippen LogP contribution in [0.1, 0.15) is 24.5 Å². The van der Waals surface area contributed by atoms with Gasteiger partial charge < -0.3 is 14.9 Å². The Kier molecular flexibility index (Phi) is 7.77. The zero-order chi connectivity index (χ0) is 22.5. The lowest BCUT2D eigenvalue weighted by Crippen LogP contribution is -2.44. The zero-order valence-corrected chi connectivity index (χ0v) is 17.5. The number of carbonyl (C=O) groups is 1. The lowest BCUT2D eigenvalue weighted by Gasteiger charge is -2.31. The van der Waals surface area contributed by atoms with Gasteiger partial charge in [0, 0.05) is 38.2 Å². The number of aryl methyl sites for hydroxylation is 2. The van der Waals surface area contributed by atoms with Gasteiger partial charge in [0.25, 0.3) is 0 Å². The Labute approximate surface area is 173 Å². The van der Waals surface area contributed by atoms with Crippen LogP contribution in [0.25, 0.3) is 0 Å². The Morgan fingerprint density at radius 3 is 2.27 bits per heavy atom. The van der Waals surface area contributed by atoms with E-state index in [1.54, 1.807) is 0 Å². The van der Waals surface area contributed by atoms with Gasteiger partial charge in [-0.3, -0.25) is 4.68 Å². The minimum Gasteiger partial charge on any atom is -0.475 e. The molecule has 11 heteroatoms. The smallest absolute Gasteiger partial charge is 0.475 e. The first-order valence-corrected chi connectivity index (χ1v) is 9.54. The number of likely N-dealkylation sites (N-methyl/N-ethyl adjacent to an activating group) is 1. The Hall–Kier alpha value is -2.69. The summed E-state index contributed by atoms with van der Waals surface area (Å²) in [7, 11) is 6.28. The number of aromatic nitrogens is 4. The molecule has 1 saturated heterocycles. The van der Waals surface area contributed by atoms with Crippen LogP contribution in [0.2, 0.25) is 0 Å². The number of carboxylic acid groups (broad SMARTS) is 1. The summed E-state index contributed by atoms with van der Waals surface area (Å²) in [6.07, 6.45) is 5.96. The Morgan fingerprint density at radius 2 is 1.83 bits per heavy atom. The highest BCUT2D eigenvalue weighted by atomic mass is 19.4. The van der Waals surface area contributed by atoms with Gasteiger partial charge in [-0.2, -0.15) is 18.3 Å². The highest BCUT2D eigenvalue weighted by molar-refractivity contribution is 5.73. The second kappa shape index (κ2) is 9.88. The van der Waals surface area contributed by atoms with Crippen LogP contribution in [0.15, 0.2) is 24.8 Å². The third-order valence-electron chi connectivity index (χ3n) is 4.98. The molecule has 0 aliphatic carbocycles. The van der Waals surface area contributed by atoms with Crippen LogP contribution < -0.4 is 4.90 Å². The van der Waals surface area contributed by atoms with Crippen molar-refractivity contribution in [2.75, 3.05) is 25.5 Å². The van der Waals surface area contributed by atoms with Crippen LogP contribution in [0.3, 0.4) is 0 Å². The van der Waals surface area contributed by atoms with Gasteiger partial charge in [0.05, 0.1) is 12.2 Å². The number of carboxylic acids is 1. The summed E-state index contributed by atoms with van der Waals surface area (Å²) in [5, 5.41) is 11.4. The first-order chi connectivity index (χ1) is 14.0. The number of halogens is 3. The van der Waals surface area contributed by atoms with Crippen molar-refractivity contribution < 1.29 is 23.1 Å². The molecule has 3 rings (SSSR count). The number of aliphatic carboxylic acids is 1. The summed E-state index contributed by atoms with van der Waals surface area (Å²) in [6, 6.07) is 0.881. The molecule has 0 unspecified atom stereocenters. The molecule has 0 bridgehead atoms. The maximum atomic E-state index is 10.6. The van der Waals surface area contributed by atoms with Crippen molar-refractivity contribution >= 4 is 11.9 Å². The number of hydrogen-bond acceptors (Lipinski definition) is 6. The van der Waals surface area contributed by atoms with E-state index >= 15 is 0 Å². The van der Waals surface area contributed by atoms with Gasteiger partial charge in [-0.25, -0.2) is 14.8 Å². The minimum atomic E-state index is -5.08. The largest absolute Gasteiger partial charge is 0.490 e. The van der Waals surface area contributed by atoms with Crippen molar-refractivity contribution in [2.24, 2.45) is 7.05 Å². The standard InChI is InChI=1S/C17H26N6.C2HF3O2/c1-5-13-9-18-17(19-10-13)23-7-6-15(21(2)3)16(23)8-14-11-20-22(4)12-14;3-2(4,5)1(6)7/h9-12,15-16H,5-8H2,1-4H3;(H,6,7)/t15-,16+;/m1./s1. The van der Waals surface area contributed by atoms with E-state index in [4.69, 9.17) is 9.90 Å². The van der Waals surface area contributed by atoms with Gasteiger partial charge >= 0.3 is 12.1 Å². The molecule has 0 saturated carbocycles. The fourth-order valence-electron chi connectivity index (χ4n) is 3.43. The van der Waals surface area contributed by atoms with E-state index in [0.29, 0.717) is 12.1 Å². The number of alkyl halides is 3. The van der Waals surface area contributed by atoms with Gasteiger partial charge in [0.1, 0.15) is 0 Å². The first kappa shape index (κ1) is 23.6. The van der Waals surface area contributed by atoms with Crippen LogP contribution in [0.5, 0.6) is 0 Å². The molecule has 166 valence electrons. The molecule has 1 fully saturated rings. The van der Waals surface area contributed by atoms with Crippen molar-refractivity contribution in [1.82, 2.24) is 24.6 Å². The van der Waals surface area contributed by atoms with Crippen LogP contribution in [0.4, 0.5) is 19.1 Å². The number of nitrogens with zero attached hydrogens (tertiary/aromatic N) is 6. The van der Waals surface area contributed by atoms with E-state index in [1.807, 2.05) is 30.3 Å². The molecule has 2 aromatic rings. The second-order valence-electron chi connectivity index (χ2n) is 7.35. The van der Waals surface area contributed by atoms with Crippen molar-refractivity contribution in [2.45, 2.75) is 44.4 Å². The van der Waals surface area contributed by atoms with E-state index in [1.165, 1.54) is 11.1 Å². The molecule has 0 radical (unpaired) electrons.